The maximum Gasteiger partial charge on any atom is 0.175 e. The maximum atomic E-state index is 11.4. The van der Waals surface area contributed by atoms with E-state index in [4.69, 9.17) is 4.42 Å². The minimum absolute atomic E-state index is 0.00244. The summed E-state index contributed by atoms with van der Waals surface area (Å²) in [6, 6.07) is 8.74. The van der Waals surface area contributed by atoms with Crippen LogP contribution in [0.5, 0.6) is 0 Å². The van der Waals surface area contributed by atoms with Crippen molar-refractivity contribution in [2.24, 2.45) is 0 Å². The summed E-state index contributed by atoms with van der Waals surface area (Å²) in [5.74, 6) is 0. The Bertz CT molecular complexity index is 600. The minimum atomic E-state index is -3.14. The molecular formula is C13H15NO3S. The lowest BCUT2D eigenvalue weighted by Gasteiger charge is -2.15. The highest BCUT2D eigenvalue weighted by atomic mass is 32.2. The normalized spacial score (nSPS) is 13.4. The Hall–Kier alpha value is -1.59. The number of furan rings is 1. The molecule has 0 fully saturated rings. The molecule has 2 rings (SSSR count). The number of sulfone groups is 1. The van der Waals surface area contributed by atoms with Crippen molar-refractivity contribution in [2.45, 2.75) is 10.9 Å². The summed E-state index contributed by atoms with van der Waals surface area (Å²) < 4.78 is 27.8. The molecule has 1 atom stereocenters. The second kappa shape index (κ2) is 4.96. The lowest BCUT2D eigenvalue weighted by Crippen LogP contribution is -2.17. The molecule has 5 heteroatoms. The van der Waals surface area contributed by atoms with Crippen LogP contribution in [0.3, 0.4) is 0 Å². The van der Waals surface area contributed by atoms with Gasteiger partial charge in [0.05, 0.1) is 23.5 Å². The molecule has 0 aliphatic rings. The Morgan fingerprint density at radius 1 is 1.11 bits per heavy atom. The summed E-state index contributed by atoms with van der Waals surface area (Å²) in [4.78, 5) is 0.327. The molecule has 2 aromatic rings. The van der Waals surface area contributed by atoms with Gasteiger partial charge in [-0.05, 0) is 30.8 Å². The minimum Gasteiger partial charge on any atom is -0.472 e. The molecule has 18 heavy (non-hydrogen) atoms. The summed E-state index contributed by atoms with van der Waals surface area (Å²) in [5, 5.41) is 3.17. The van der Waals surface area contributed by atoms with Gasteiger partial charge in [0, 0.05) is 11.8 Å². The van der Waals surface area contributed by atoms with Crippen LogP contribution < -0.4 is 5.32 Å². The highest BCUT2D eigenvalue weighted by molar-refractivity contribution is 7.90. The average Bonchev–Trinajstić information content (AvgIpc) is 2.83. The topological polar surface area (TPSA) is 59.3 Å². The largest absolute Gasteiger partial charge is 0.472 e. The molecule has 0 radical (unpaired) electrons. The first-order valence-corrected chi connectivity index (χ1v) is 7.41. The average molecular weight is 265 g/mol. The Morgan fingerprint density at radius 2 is 1.78 bits per heavy atom. The van der Waals surface area contributed by atoms with Gasteiger partial charge in [0.15, 0.2) is 9.84 Å². The number of rotatable bonds is 4. The van der Waals surface area contributed by atoms with Gasteiger partial charge in [-0.3, -0.25) is 0 Å². The van der Waals surface area contributed by atoms with E-state index >= 15 is 0 Å². The molecule has 1 unspecified atom stereocenters. The first kappa shape index (κ1) is 12.9. The lowest BCUT2D eigenvalue weighted by atomic mass is 10.0. The molecule has 4 nitrogen and oxygen atoms in total. The quantitative estimate of drug-likeness (QED) is 0.918. The molecule has 0 spiro atoms. The number of hydrogen-bond donors (Lipinski definition) is 1. The highest BCUT2D eigenvalue weighted by Crippen LogP contribution is 2.23. The number of nitrogens with one attached hydrogen (secondary N) is 1. The van der Waals surface area contributed by atoms with Crippen molar-refractivity contribution in [1.82, 2.24) is 5.32 Å². The third kappa shape index (κ3) is 2.63. The second-order valence-electron chi connectivity index (χ2n) is 4.12. The van der Waals surface area contributed by atoms with Crippen molar-refractivity contribution in [3.63, 3.8) is 0 Å². The van der Waals surface area contributed by atoms with Gasteiger partial charge in [0.1, 0.15) is 0 Å². The van der Waals surface area contributed by atoms with Crippen molar-refractivity contribution in [3.8, 4) is 0 Å². The molecule has 1 N–H and O–H groups in total. The van der Waals surface area contributed by atoms with Crippen molar-refractivity contribution in [1.29, 1.82) is 0 Å². The van der Waals surface area contributed by atoms with Gasteiger partial charge in [-0.25, -0.2) is 8.42 Å². The third-order valence-electron chi connectivity index (χ3n) is 2.81. The molecule has 1 aromatic carbocycles. The summed E-state index contributed by atoms with van der Waals surface area (Å²) in [6.45, 7) is 0. The second-order valence-corrected chi connectivity index (χ2v) is 6.14. The molecule has 0 saturated carbocycles. The Balaban J connectivity index is 2.34. The van der Waals surface area contributed by atoms with E-state index in [1.807, 2.05) is 25.2 Å². The van der Waals surface area contributed by atoms with Crippen LogP contribution in [0.1, 0.15) is 17.2 Å². The monoisotopic (exact) mass is 265 g/mol. The summed E-state index contributed by atoms with van der Waals surface area (Å²) in [7, 11) is -1.30. The van der Waals surface area contributed by atoms with E-state index in [1.165, 1.54) is 6.26 Å². The first-order chi connectivity index (χ1) is 8.52. The van der Waals surface area contributed by atoms with Crippen LogP contribution in [0.4, 0.5) is 0 Å². The van der Waals surface area contributed by atoms with Crippen LogP contribution in [0, 0.1) is 0 Å². The number of benzene rings is 1. The van der Waals surface area contributed by atoms with E-state index in [0.29, 0.717) is 4.90 Å². The van der Waals surface area contributed by atoms with Crippen LogP contribution in [-0.4, -0.2) is 21.7 Å². The zero-order chi connectivity index (χ0) is 13.2. The van der Waals surface area contributed by atoms with E-state index in [0.717, 1.165) is 11.1 Å². The summed E-state index contributed by atoms with van der Waals surface area (Å²) in [5.41, 5.74) is 2.00. The van der Waals surface area contributed by atoms with Crippen LogP contribution >= 0.6 is 0 Å². The zero-order valence-electron chi connectivity index (χ0n) is 10.3. The van der Waals surface area contributed by atoms with Gasteiger partial charge in [-0.15, -0.1) is 0 Å². The van der Waals surface area contributed by atoms with Crippen molar-refractivity contribution >= 4 is 9.84 Å². The van der Waals surface area contributed by atoms with Gasteiger partial charge in [0.2, 0.25) is 0 Å². The molecule has 0 bridgehead atoms. The van der Waals surface area contributed by atoms with E-state index < -0.39 is 9.84 Å². The van der Waals surface area contributed by atoms with Crippen LogP contribution in [0.15, 0.2) is 52.2 Å². The van der Waals surface area contributed by atoms with Crippen molar-refractivity contribution < 1.29 is 12.8 Å². The standard InChI is InChI=1S/C13H15NO3S/c1-14-13(11-7-8-17-9-11)10-3-5-12(6-4-10)18(2,15)16/h3-9,13-14H,1-2H3. The molecular weight excluding hydrogens is 250 g/mol. The molecule has 0 aliphatic carbocycles. The Kier molecular flexibility index (Phi) is 3.54. The summed E-state index contributed by atoms with van der Waals surface area (Å²) in [6.07, 6.45) is 4.49. The molecule has 0 amide bonds. The van der Waals surface area contributed by atoms with Crippen LogP contribution in [0.2, 0.25) is 0 Å². The molecule has 1 heterocycles. The first-order valence-electron chi connectivity index (χ1n) is 5.52. The van der Waals surface area contributed by atoms with Gasteiger partial charge in [-0.2, -0.15) is 0 Å². The van der Waals surface area contributed by atoms with Crippen molar-refractivity contribution in [2.75, 3.05) is 13.3 Å². The molecule has 1 aromatic heterocycles. The number of hydrogen-bond acceptors (Lipinski definition) is 4. The Morgan fingerprint density at radius 3 is 2.22 bits per heavy atom. The fourth-order valence-electron chi connectivity index (χ4n) is 1.87. The highest BCUT2D eigenvalue weighted by Gasteiger charge is 2.14. The predicted molar refractivity (Wildman–Crippen MR) is 69.2 cm³/mol. The fraction of sp³-hybridized carbons (Fsp3) is 0.231. The van der Waals surface area contributed by atoms with E-state index in [2.05, 4.69) is 5.32 Å². The third-order valence-corrected chi connectivity index (χ3v) is 3.94. The smallest absolute Gasteiger partial charge is 0.175 e. The van der Waals surface area contributed by atoms with Crippen LogP contribution in [0.25, 0.3) is 0 Å². The van der Waals surface area contributed by atoms with E-state index in [1.54, 1.807) is 24.7 Å². The van der Waals surface area contributed by atoms with E-state index in [9.17, 15) is 8.42 Å². The van der Waals surface area contributed by atoms with Gasteiger partial charge in [0.25, 0.3) is 0 Å². The van der Waals surface area contributed by atoms with Crippen molar-refractivity contribution in [3.05, 3.63) is 54.0 Å². The van der Waals surface area contributed by atoms with E-state index in [-0.39, 0.29) is 6.04 Å². The SMILES string of the molecule is CNC(c1ccc(S(C)(=O)=O)cc1)c1ccoc1. The lowest BCUT2D eigenvalue weighted by molar-refractivity contribution is 0.557. The fourth-order valence-corrected chi connectivity index (χ4v) is 2.50. The molecule has 96 valence electrons. The van der Waals surface area contributed by atoms with Crippen LogP contribution in [-0.2, 0) is 9.84 Å². The molecule has 0 aliphatic heterocycles. The zero-order valence-corrected chi connectivity index (χ0v) is 11.1. The maximum absolute atomic E-state index is 11.4. The van der Waals surface area contributed by atoms with Gasteiger partial charge < -0.3 is 9.73 Å². The summed E-state index contributed by atoms with van der Waals surface area (Å²) >= 11 is 0. The molecule has 0 saturated heterocycles. The Labute approximate surface area is 107 Å². The van der Waals surface area contributed by atoms with Gasteiger partial charge >= 0.3 is 0 Å². The van der Waals surface area contributed by atoms with Gasteiger partial charge in [-0.1, -0.05) is 12.1 Å². The predicted octanol–water partition coefficient (Wildman–Crippen LogP) is 1.99.